The Hall–Kier alpha value is -0.940. The molecular formula is C15H22N2O2. The average molecular weight is 262 g/mol. The first-order chi connectivity index (χ1) is 9.22. The lowest BCUT2D eigenvalue weighted by Crippen LogP contribution is -2.38. The minimum Gasteiger partial charge on any atom is -0.392 e. The van der Waals surface area contributed by atoms with Crippen molar-refractivity contribution in [3.63, 3.8) is 0 Å². The molecule has 1 N–H and O–H groups in total. The van der Waals surface area contributed by atoms with Gasteiger partial charge in [0.1, 0.15) is 0 Å². The Bertz CT molecular complexity index is 412. The van der Waals surface area contributed by atoms with Crippen LogP contribution in [-0.2, 0) is 11.4 Å². The highest BCUT2D eigenvalue weighted by Gasteiger charge is 2.39. The highest BCUT2D eigenvalue weighted by molar-refractivity contribution is 5.15. The molecule has 0 amide bonds. The van der Waals surface area contributed by atoms with E-state index < -0.39 is 0 Å². The lowest BCUT2D eigenvalue weighted by atomic mass is 10.0. The standard InChI is InChI=1S/C15H22N2O2/c1-16-8-7-15(19-16)14-9-13(18)11-17(14)10-12-5-3-2-4-6-12/h2-6,13-15,18H,7-11H2,1H3/t13-,14+,15-/m1/s1. The molecule has 3 rings (SSSR count). The maximum atomic E-state index is 9.96. The van der Waals surface area contributed by atoms with E-state index in [1.54, 1.807) is 0 Å². The summed E-state index contributed by atoms with van der Waals surface area (Å²) < 4.78 is 0. The summed E-state index contributed by atoms with van der Waals surface area (Å²) in [6.07, 6.45) is 1.89. The number of hydroxylamine groups is 2. The molecule has 104 valence electrons. The van der Waals surface area contributed by atoms with E-state index in [4.69, 9.17) is 4.84 Å². The van der Waals surface area contributed by atoms with Crippen LogP contribution >= 0.6 is 0 Å². The Morgan fingerprint density at radius 1 is 1.32 bits per heavy atom. The van der Waals surface area contributed by atoms with Crippen LogP contribution in [0.5, 0.6) is 0 Å². The first-order valence-corrected chi connectivity index (χ1v) is 7.06. The van der Waals surface area contributed by atoms with Gasteiger partial charge in [-0.05, 0) is 18.4 Å². The molecule has 4 heteroatoms. The topological polar surface area (TPSA) is 35.9 Å². The minimum atomic E-state index is -0.219. The van der Waals surface area contributed by atoms with Crippen molar-refractivity contribution >= 4 is 0 Å². The molecule has 19 heavy (non-hydrogen) atoms. The fourth-order valence-corrected chi connectivity index (χ4v) is 3.20. The number of β-amino-alcohol motifs (C(OH)–C–C–N with tert-alkyl or cyclic N) is 1. The van der Waals surface area contributed by atoms with E-state index in [9.17, 15) is 5.11 Å². The molecular weight excluding hydrogens is 240 g/mol. The van der Waals surface area contributed by atoms with Crippen molar-refractivity contribution in [2.75, 3.05) is 20.1 Å². The Balaban J connectivity index is 1.68. The van der Waals surface area contributed by atoms with Crippen molar-refractivity contribution in [3.8, 4) is 0 Å². The minimum absolute atomic E-state index is 0.219. The quantitative estimate of drug-likeness (QED) is 0.889. The summed E-state index contributed by atoms with van der Waals surface area (Å²) in [5.74, 6) is 0. The summed E-state index contributed by atoms with van der Waals surface area (Å²) in [5, 5.41) is 11.9. The van der Waals surface area contributed by atoms with Crippen LogP contribution in [0.15, 0.2) is 30.3 Å². The Morgan fingerprint density at radius 2 is 2.11 bits per heavy atom. The van der Waals surface area contributed by atoms with Crippen LogP contribution < -0.4 is 0 Å². The van der Waals surface area contributed by atoms with E-state index in [-0.39, 0.29) is 12.2 Å². The summed E-state index contributed by atoms with van der Waals surface area (Å²) in [5.41, 5.74) is 1.30. The van der Waals surface area contributed by atoms with Gasteiger partial charge < -0.3 is 5.11 Å². The Labute approximate surface area is 114 Å². The third kappa shape index (κ3) is 2.98. The molecule has 0 radical (unpaired) electrons. The predicted octanol–water partition coefficient (Wildman–Crippen LogP) is 1.26. The van der Waals surface area contributed by atoms with E-state index in [0.29, 0.717) is 6.04 Å². The molecule has 0 saturated carbocycles. The summed E-state index contributed by atoms with van der Waals surface area (Å²) in [7, 11) is 1.98. The van der Waals surface area contributed by atoms with Crippen molar-refractivity contribution in [2.45, 2.75) is 37.6 Å². The highest BCUT2D eigenvalue weighted by atomic mass is 16.7. The van der Waals surface area contributed by atoms with Gasteiger partial charge in [0.25, 0.3) is 0 Å². The van der Waals surface area contributed by atoms with E-state index in [1.165, 1.54) is 5.56 Å². The first kappa shape index (κ1) is 13.1. The summed E-state index contributed by atoms with van der Waals surface area (Å²) in [6.45, 7) is 2.63. The number of aliphatic hydroxyl groups excluding tert-OH is 1. The van der Waals surface area contributed by atoms with Crippen LogP contribution in [0.1, 0.15) is 18.4 Å². The molecule has 2 saturated heterocycles. The second kappa shape index (κ2) is 5.59. The van der Waals surface area contributed by atoms with Gasteiger partial charge in [0.2, 0.25) is 0 Å². The molecule has 3 atom stereocenters. The molecule has 0 aromatic heterocycles. The number of hydrogen-bond acceptors (Lipinski definition) is 4. The summed E-state index contributed by atoms with van der Waals surface area (Å²) in [6, 6.07) is 10.8. The third-order valence-electron chi connectivity index (χ3n) is 4.13. The van der Waals surface area contributed by atoms with E-state index in [1.807, 2.05) is 18.2 Å². The number of benzene rings is 1. The van der Waals surface area contributed by atoms with Gasteiger partial charge in [0.15, 0.2) is 0 Å². The molecule has 0 bridgehead atoms. The highest BCUT2D eigenvalue weighted by Crippen LogP contribution is 2.28. The predicted molar refractivity (Wildman–Crippen MR) is 73.4 cm³/mol. The molecule has 1 aromatic rings. The number of rotatable bonds is 3. The van der Waals surface area contributed by atoms with Gasteiger partial charge in [-0.25, -0.2) is 0 Å². The monoisotopic (exact) mass is 262 g/mol. The van der Waals surface area contributed by atoms with Crippen LogP contribution in [0, 0.1) is 0 Å². The Morgan fingerprint density at radius 3 is 2.79 bits per heavy atom. The number of likely N-dealkylation sites (tertiary alicyclic amines) is 1. The van der Waals surface area contributed by atoms with Crippen molar-refractivity contribution in [1.82, 2.24) is 9.96 Å². The van der Waals surface area contributed by atoms with Gasteiger partial charge in [0, 0.05) is 32.7 Å². The largest absolute Gasteiger partial charge is 0.392 e. The van der Waals surface area contributed by atoms with E-state index >= 15 is 0 Å². The van der Waals surface area contributed by atoms with Gasteiger partial charge >= 0.3 is 0 Å². The van der Waals surface area contributed by atoms with Gasteiger partial charge in [-0.15, -0.1) is 0 Å². The van der Waals surface area contributed by atoms with Crippen LogP contribution in [0.3, 0.4) is 0 Å². The molecule has 0 spiro atoms. The number of hydrogen-bond donors (Lipinski definition) is 1. The zero-order valence-corrected chi connectivity index (χ0v) is 11.4. The molecule has 2 aliphatic rings. The van der Waals surface area contributed by atoms with Crippen LogP contribution in [0.25, 0.3) is 0 Å². The van der Waals surface area contributed by atoms with Gasteiger partial charge in [0.05, 0.1) is 12.2 Å². The lowest BCUT2D eigenvalue weighted by Gasteiger charge is -2.28. The van der Waals surface area contributed by atoms with Crippen molar-refractivity contribution in [1.29, 1.82) is 0 Å². The average Bonchev–Trinajstić information content (AvgIpc) is 2.97. The smallest absolute Gasteiger partial charge is 0.0962 e. The van der Waals surface area contributed by atoms with Crippen LogP contribution in [-0.4, -0.2) is 53.5 Å². The van der Waals surface area contributed by atoms with E-state index in [2.05, 4.69) is 29.2 Å². The number of aliphatic hydroxyl groups is 1. The fraction of sp³-hybridized carbons (Fsp3) is 0.600. The molecule has 2 aliphatic heterocycles. The van der Waals surface area contributed by atoms with Gasteiger partial charge in [-0.3, -0.25) is 9.74 Å². The maximum absolute atomic E-state index is 9.96. The lowest BCUT2D eigenvalue weighted by molar-refractivity contribution is -0.144. The zero-order valence-electron chi connectivity index (χ0n) is 11.4. The molecule has 0 unspecified atom stereocenters. The zero-order chi connectivity index (χ0) is 13.2. The molecule has 2 fully saturated rings. The van der Waals surface area contributed by atoms with Crippen molar-refractivity contribution in [3.05, 3.63) is 35.9 Å². The summed E-state index contributed by atoms with van der Waals surface area (Å²) >= 11 is 0. The maximum Gasteiger partial charge on any atom is 0.0962 e. The van der Waals surface area contributed by atoms with Gasteiger partial charge in [-0.1, -0.05) is 30.3 Å². The summed E-state index contributed by atoms with van der Waals surface area (Å²) in [4.78, 5) is 8.21. The normalized spacial score (nSPS) is 33.1. The van der Waals surface area contributed by atoms with Crippen LogP contribution in [0.2, 0.25) is 0 Å². The molecule has 4 nitrogen and oxygen atoms in total. The molecule has 1 aromatic carbocycles. The van der Waals surface area contributed by atoms with Crippen molar-refractivity contribution in [2.24, 2.45) is 0 Å². The van der Waals surface area contributed by atoms with E-state index in [0.717, 1.165) is 32.5 Å². The Kier molecular flexibility index (Phi) is 3.84. The van der Waals surface area contributed by atoms with Crippen molar-refractivity contribution < 1.29 is 9.94 Å². The molecule has 2 heterocycles. The fourth-order valence-electron chi connectivity index (χ4n) is 3.20. The first-order valence-electron chi connectivity index (χ1n) is 7.06. The molecule has 0 aliphatic carbocycles. The second-order valence-electron chi connectivity index (χ2n) is 5.66. The second-order valence-corrected chi connectivity index (χ2v) is 5.66. The SMILES string of the molecule is CN1CC[C@H]([C@@H]2C[C@@H](O)CN2Cc2ccccc2)O1. The third-order valence-corrected chi connectivity index (χ3v) is 4.13. The van der Waals surface area contributed by atoms with Crippen LogP contribution in [0.4, 0.5) is 0 Å². The number of nitrogens with zero attached hydrogens (tertiary/aromatic N) is 2. The van der Waals surface area contributed by atoms with Gasteiger partial charge in [-0.2, -0.15) is 5.06 Å².